The third-order valence-corrected chi connectivity index (χ3v) is 4.98. The number of benzene rings is 1. The number of ether oxygens (including phenoxy) is 2. The van der Waals surface area contributed by atoms with Crippen molar-refractivity contribution in [1.29, 1.82) is 0 Å². The summed E-state index contributed by atoms with van der Waals surface area (Å²) in [6.07, 6.45) is 0.959. The fourth-order valence-electron chi connectivity index (χ4n) is 3.66. The summed E-state index contributed by atoms with van der Waals surface area (Å²) >= 11 is 0. The maximum absolute atomic E-state index is 14.3. The van der Waals surface area contributed by atoms with Crippen LogP contribution in [0.4, 0.5) is 9.18 Å². The molecule has 0 aromatic heterocycles. The zero-order valence-electron chi connectivity index (χ0n) is 16.0. The number of fused-ring (bicyclic) bond motifs is 3. The Balaban J connectivity index is 1.75. The lowest BCUT2D eigenvalue weighted by molar-refractivity contribution is -0.161. The molecule has 3 heterocycles. The first-order chi connectivity index (χ1) is 12.7. The van der Waals surface area contributed by atoms with Gasteiger partial charge in [0.15, 0.2) is 6.04 Å². The first kappa shape index (κ1) is 19.6. The molecular weight excluding hydrogens is 351 g/mol. The van der Waals surface area contributed by atoms with Crippen LogP contribution in [0.2, 0.25) is 0 Å². The average Bonchev–Trinajstić information content (AvgIpc) is 2.60. The molecule has 1 amide bonds. The number of hydrogen-bond acceptors (Lipinski definition) is 5. The van der Waals surface area contributed by atoms with Crippen molar-refractivity contribution < 1.29 is 23.5 Å². The molecule has 0 radical (unpaired) electrons. The van der Waals surface area contributed by atoms with Gasteiger partial charge in [0, 0.05) is 12.1 Å². The van der Waals surface area contributed by atoms with Crippen LogP contribution in [0.1, 0.15) is 45.2 Å². The Kier molecular flexibility index (Phi) is 5.69. The average molecular weight is 378 g/mol. The van der Waals surface area contributed by atoms with Gasteiger partial charge in [0.05, 0.1) is 0 Å². The Hall–Kier alpha value is -2.15. The summed E-state index contributed by atoms with van der Waals surface area (Å²) in [6.45, 7) is 7.88. The van der Waals surface area contributed by atoms with Crippen molar-refractivity contribution in [1.82, 2.24) is 10.2 Å². The van der Waals surface area contributed by atoms with Gasteiger partial charge in [0.1, 0.15) is 17.5 Å². The molecule has 7 heteroatoms. The first-order valence-electron chi connectivity index (χ1n) is 9.40. The lowest BCUT2D eigenvalue weighted by atomic mass is 9.86. The quantitative estimate of drug-likeness (QED) is 0.816. The Morgan fingerprint density at radius 2 is 1.89 bits per heavy atom. The number of carbonyl (C=O) groups excluding carboxylic acids is 2. The minimum Gasteiger partial charge on any atom is -0.459 e. The van der Waals surface area contributed by atoms with Crippen LogP contribution >= 0.6 is 0 Å². The predicted molar refractivity (Wildman–Crippen MR) is 97.6 cm³/mol. The SMILES string of the molecule is CC(C)(C)OC(=O)NC(C(=O)OC1CN2CCC1CC2)c1ccccc1F. The topological polar surface area (TPSA) is 67.9 Å². The molecule has 6 nitrogen and oxygen atoms in total. The summed E-state index contributed by atoms with van der Waals surface area (Å²) in [5.74, 6) is -0.920. The number of esters is 1. The first-order valence-corrected chi connectivity index (χ1v) is 9.40. The lowest BCUT2D eigenvalue weighted by Gasteiger charge is -2.44. The Morgan fingerprint density at radius 1 is 1.22 bits per heavy atom. The maximum atomic E-state index is 14.3. The van der Waals surface area contributed by atoms with Gasteiger partial charge in [-0.25, -0.2) is 14.0 Å². The van der Waals surface area contributed by atoms with Crippen molar-refractivity contribution in [2.45, 2.75) is 51.4 Å². The normalized spacial score (nSPS) is 25.6. The second-order valence-corrected chi connectivity index (χ2v) is 8.21. The largest absolute Gasteiger partial charge is 0.459 e. The maximum Gasteiger partial charge on any atom is 0.408 e. The lowest BCUT2D eigenvalue weighted by Crippen LogP contribution is -2.52. The van der Waals surface area contributed by atoms with Crippen molar-refractivity contribution in [3.8, 4) is 0 Å². The molecule has 4 rings (SSSR count). The number of nitrogens with one attached hydrogen (secondary N) is 1. The Bertz CT molecular complexity index is 695. The summed E-state index contributed by atoms with van der Waals surface area (Å²) in [6, 6.07) is 4.61. The van der Waals surface area contributed by atoms with Gasteiger partial charge in [-0.05, 0) is 58.7 Å². The van der Waals surface area contributed by atoms with Crippen molar-refractivity contribution in [3.63, 3.8) is 0 Å². The summed E-state index contributed by atoms with van der Waals surface area (Å²) in [5.41, 5.74) is -0.668. The highest BCUT2D eigenvalue weighted by Crippen LogP contribution is 2.31. The molecular formula is C20H27FN2O4. The predicted octanol–water partition coefficient (Wildman–Crippen LogP) is 3.03. The molecule has 0 spiro atoms. The van der Waals surface area contributed by atoms with Gasteiger partial charge in [0.25, 0.3) is 0 Å². The van der Waals surface area contributed by atoms with Crippen LogP contribution in [-0.4, -0.2) is 48.3 Å². The van der Waals surface area contributed by atoms with Gasteiger partial charge >= 0.3 is 12.1 Å². The highest BCUT2D eigenvalue weighted by atomic mass is 19.1. The van der Waals surface area contributed by atoms with Gasteiger partial charge < -0.3 is 14.8 Å². The smallest absolute Gasteiger partial charge is 0.408 e. The van der Waals surface area contributed by atoms with Crippen LogP contribution < -0.4 is 5.32 Å². The van der Waals surface area contributed by atoms with Crippen molar-refractivity contribution in [3.05, 3.63) is 35.6 Å². The molecule has 3 fully saturated rings. The Morgan fingerprint density at radius 3 is 2.44 bits per heavy atom. The van der Waals surface area contributed by atoms with Gasteiger partial charge in [0.2, 0.25) is 0 Å². The highest BCUT2D eigenvalue weighted by molar-refractivity contribution is 5.83. The van der Waals surface area contributed by atoms with Crippen LogP contribution in [0, 0.1) is 11.7 Å². The van der Waals surface area contributed by atoms with E-state index >= 15 is 0 Å². The number of alkyl carbamates (subject to hydrolysis) is 1. The molecule has 3 saturated heterocycles. The van der Waals surface area contributed by atoms with E-state index in [4.69, 9.17) is 9.47 Å². The molecule has 0 aliphatic carbocycles. The molecule has 3 aliphatic heterocycles. The van der Waals surface area contributed by atoms with E-state index in [2.05, 4.69) is 10.2 Å². The number of carbonyl (C=O) groups is 2. The second-order valence-electron chi connectivity index (χ2n) is 8.21. The molecule has 2 atom stereocenters. The van der Waals surface area contributed by atoms with Gasteiger partial charge in [-0.2, -0.15) is 0 Å². The van der Waals surface area contributed by atoms with E-state index in [1.807, 2.05) is 0 Å². The minimum absolute atomic E-state index is 0.0645. The molecule has 148 valence electrons. The third-order valence-electron chi connectivity index (χ3n) is 4.98. The fraction of sp³-hybridized carbons (Fsp3) is 0.600. The van der Waals surface area contributed by atoms with Crippen LogP contribution in [-0.2, 0) is 14.3 Å². The monoisotopic (exact) mass is 378 g/mol. The van der Waals surface area contributed by atoms with Gasteiger partial charge in [-0.15, -0.1) is 0 Å². The molecule has 3 aliphatic rings. The highest BCUT2D eigenvalue weighted by Gasteiger charge is 2.38. The number of nitrogens with zero attached hydrogens (tertiary/aromatic N) is 1. The summed E-state index contributed by atoms with van der Waals surface area (Å²) in [5, 5.41) is 2.47. The fourth-order valence-corrected chi connectivity index (χ4v) is 3.66. The van der Waals surface area contributed by atoms with E-state index in [0.717, 1.165) is 25.9 Å². The molecule has 27 heavy (non-hydrogen) atoms. The number of piperidine rings is 3. The Labute approximate surface area is 159 Å². The molecule has 1 N–H and O–H groups in total. The van der Waals surface area contributed by atoms with Crippen LogP contribution in [0.15, 0.2) is 24.3 Å². The van der Waals surface area contributed by atoms with E-state index in [1.54, 1.807) is 26.8 Å². The summed E-state index contributed by atoms with van der Waals surface area (Å²) < 4.78 is 25.2. The molecule has 1 aromatic rings. The molecule has 1 aromatic carbocycles. The standard InChI is InChI=1S/C20H27FN2O4/c1-20(2,3)27-19(25)22-17(14-6-4-5-7-15(14)21)18(24)26-16-12-23-10-8-13(16)9-11-23/h4-7,13,16-17H,8-12H2,1-3H3,(H,22,25). The molecule has 2 unspecified atom stereocenters. The van der Waals surface area contributed by atoms with E-state index in [9.17, 15) is 14.0 Å². The van der Waals surface area contributed by atoms with Crippen molar-refractivity contribution >= 4 is 12.1 Å². The van der Waals surface area contributed by atoms with E-state index < -0.39 is 29.5 Å². The zero-order chi connectivity index (χ0) is 19.6. The van der Waals surface area contributed by atoms with Gasteiger partial charge in [-0.3, -0.25) is 4.90 Å². The van der Waals surface area contributed by atoms with Crippen LogP contribution in [0.25, 0.3) is 0 Å². The number of amides is 1. The molecule has 0 saturated carbocycles. The zero-order valence-corrected chi connectivity index (χ0v) is 16.0. The van der Waals surface area contributed by atoms with E-state index in [1.165, 1.54) is 18.2 Å². The van der Waals surface area contributed by atoms with Gasteiger partial charge in [-0.1, -0.05) is 18.2 Å². The number of rotatable bonds is 4. The van der Waals surface area contributed by atoms with Crippen molar-refractivity contribution in [2.24, 2.45) is 5.92 Å². The van der Waals surface area contributed by atoms with Crippen LogP contribution in [0.3, 0.4) is 0 Å². The summed E-state index contributed by atoms with van der Waals surface area (Å²) in [4.78, 5) is 27.3. The second kappa shape index (κ2) is 7.84. The third kappa shape index (κ3) is 4.97. The minimum atomic E-state index is -1.25. The van der Waals surface area contributed by atoms with E-state index in [-0.39, 0.29) is 11.7 Å². The molecule has 2 bridgehead atoms. The van der Waals surface area contributed by atoms with E-state index in [0.29, 0.717) is 12.5 Å². The van der Waals surface area contributed by atoms with Crippen molar-refractivity contribution in [2.75, 3.05) is 19.6 Å². The van der Waals surface area contributed by atoms with Crippen LogP contribution in [0.5, 0.6) is 0 Å². The number of halogens is 1. The number of hydrogen-bond donors (Lipinski definition) is 1. The summed E-state index contributed by atoms with van der Waals surface area (Å²) in [7, 11) is 0.